The average molecular weight is 355 g/mol. The van der Waals surface area contributed by atoms with E-state index in [1.165, 1.54) is 6.07 Å². The third kappa shape index (κ3) is 3.74. The summed E-state index contributed by atoms with van der Waals surface area (Å²) in [5.41, 5.74) is 0.429. The Kier molecular flexibility index (Phi) is 5.60. The normalized spacial score (nSPS) is 16.9. The molecule has 0 aromatic heterocycles. The number of amides is 1. The van der Waals surface area contributed by atoms with E-state index in [-0.39, 0.29) is 17.8 Å². The monoisotopic (exact) mass is 355 g/mol. The van der Waals surface area contributed by atoms with Crippen molar-refractivity contribution in [3.8, 4) is 5.75 Å². The van der Waals surface area contributed by atoms with Gasteiger partial charge in [-0.2, -0.15) is 0 Å². The number of nitrogens with one attached hydrogen (secondary N) is 1. The summed E-state index contributed by atoms with van der Waals surface area (Å²) < 4.78 is 20.2. The zero-order chi connectivity index (χ0) is 18.6. The molecule has 26 heavy (non-hydrogen) atoms. The number of hydrogen-bond acceptors (Lipinski definition) is 2. The van der Waals surface area contributed by atoms with Crippen LogP contribution in [0.4, 0.5) is 10.1 Å². The molecule has 138 valence electrons. The van der Waals surface area contributed by atoms with Gasteiger partial charge in [0.15, 0.2) is 0 Å². The minimum atomic E-state index is -0.781. The highest BCUT2D eigenvalue weighted by atomic mass is 19.1. The van der Waals surface area contributed by atoms with E-state index in [1.54, 1.807) is 18.2 Å². The second-order valence-corrected chi connectivity index (χ2v) is 7.08. The Morgan fingerprint density at radius 3 is 2.42 bits per heavy atom. The van der Waals surface area contributed by atoms with Crippen molar-refractivity contribution in [2.24, 2.45) is 0 Å². The van der Waals surface area contributed by atoms with Crippen LogP contribution >= 0.6 is 0 Å². The molecule has 0 bridgehead atoms. The summed E-state index contributed by atoms with van der Waals surface area (Å²) in [5, 5.41) is 2.98. The maximum atomic E-state index is 14.4. The van der Waals surface area contributed by atoms with Gasteiger partial charge in [-0.15, -0.1) is 0 Å². The van der Waals surface area contributed by atoms with Crippen LogP contribution < -0.4 is 10.1 Å². The third-order valence-electron chi connectivity index (χ3n) is 5.31. The van der Waals surface area contributed by atoms with E-state index in [9.17, 15) is 9.18 Å². The lowest BCUT2D eigenvalue weighted by Gasteiger charge is -2.28. The van der Waals surface area contributed by atoms with Crippen LogP contribution in [0, 0.1) is 5.82 Å². The standard InChI is InChI=1S/C22H26FNO2/c1-3-16(2)26-18-12-10-17(11-13-18)24-21(25)22(14-6-7-15-22)19-8-4-5-9-20(19)23/h4-5,8-13,16H,3,6-7,14-15H2,1-2H3,(H,24,25). The molecule has 4 heteroatoms. The zero-order valence-corrected chi connectivity index (χ0v) is 15.4. The summed E-state index contributed by atoms with van der Waals surface area (Å²) in [6.45, 7) is 4.09. The van der Waals surface area contributed by atoms with Crippen LogP contribution in [0.3, 0.4) is 0 Å². The van der Waals surface area contributed by atoms with Gasteiger partial charge in [0.2, 0.25) is 5.91 Å². The van der Waals surface area contributed by atoms with Crippen LogP contribution in [0.2, 0.25) is 0 Å². The van der Waals surface area contributed by atoms with Crippen molar-refractivity contribution in [3.05, 3.63) is 59.9 Å². The topological polar surface area (TPSA) is 38.3 Å². The Morgan fingerprint density at radius 1 is 1.15 bits per heavy atom. The van der Waals surface area contributed by atoms with Crippen molar-refractivity contribution in [1.82, 2.24) is 0 Å². The maximum Gasteiger partial charge on any atom is 0.235 e. The number of carbonyl (C=O) groups is 1. The van der Waals surface area contributed by atoms with Gasteiger partial charge in [-0.25, -0.2) is 4.39 Å². The molecular weight excluding hydrogens is 329 g/mol. The fourth-order valence-electron chi connectivity index (χ4n) is 3.63. The fraction of sp³-hybridized carbons (Fsp3) is 0.409. The third-order valence-corrected chi connectivity index (χ3v) is 5.31. The molecule has 3 nitrogen and oxygen atoms in total. The van der Waals surface area contributed by atoms with E-state index in [0.29, 0.717) is 24.1 Å². The Bertz CT molecular complexity index is 751. The molecule has 1 saturated carbocycles. The summed E-state index contributed by atoms with van der Waals surface area (Å²) >= 11 is 0. The smallest absolute Gasteiger partial charge is 0.235 e. The van der Waals surface area contributed by atoms with Crippen LogP contribution in [0.15, 0.2) is 48.5 Å². The highest BCUT2D eigenvalue weighted by Crippen LogP contribution is 2.43. The average Bonchev–Trinajstić information content (AvgIpc) is 3.14. The number of halogens is 1. The van der Waals surface area contributed by atoms with Gasteiger partial charge >= 0.3 is 0 Å². The highest BCUT2D eigenvalue weighted by molar-refractivity contribution is 5.99. The highest BCUT2D eigenvalue weighted by Gasteiger charge is 2.44. The first-order valence-corrected chi connectivity index (χ1v) is 9.38. The predicted molar refractivity (Wildman–Crippen MR) is 102 cm³/mol. The summed E-state index contributed by atoms with van der Waals surface area (Å²) in [6, 6.07) is 14.0. The van der Waals surface area contributed by atoms with E-state index in [4.69, 9.17) is 4.74 Å². The molecule has 1 unspecified atom stereocenters. The first kappa shape index (κ1) is 18.4. The SMILES string of the molecule is CCC(C)Oc1ccc(NC(=O)C2(c3ccccc3F)CCCC2)cc1. The fourth-order valence-corrected chi connectivity index (χ4v) is 3.63. The van der Waals surface area contributed by atoms with Crippen molar-refractivity contribution < 1.29 is 13.9 Å². The predicted octanol–water partition coefficient (Wildman–Crippen LogP) is 5.45. The zero-order valence-electron chi connectivity index (χ0n) is 15.4. The van der Waals surface area contributed by atoms with Crippen molar-refractivity contribution in [3.63, 3.8) is 0 Å². The Balaban J connectivity index is 1.78. The van der Waals surface area contributed by atoms with Gasteiger partial charge in [-0.3, -0.25) is 4.79 Å². The lowest BCUT2D eigenvalue weighted by Crippen LogP contribution is -2.38. The second kappa shape index (κ2) is 7.90. The minimum Gasteiger partial charge on any atom is -0.491 e. The lowest BCUT2D eigenvalue weighted by atomic mass is 9.77. The van der Waals surface area contributed by atoms with E-state index in [0.717, 1.165) is 25.0 Å². The van der Waals surface area contributed by atoms with E-state index < -0.39 is 5.41 Å². The molecule has 3 rings (SSSR count). The Morgan fingerprint density at radius 2 is 1.81 bits per heavy atom. The molecule has 1 aliphatic carbocycles. The van der Waals surface area contributed by atoms with Crippen LogP contribution in [-0.2, 0) is 10.2 Å². The first-order valence-electron chi connectivity index (χ1n) is 9.38. The Hall–Kier alpha value is -2.36. The van der Waals surface area contributed by atoms with Crippen LogP contribution in [0.1, 0.15) is 51.5 Å². The van der Waals surface area contributed by atoms with E-state index in [1.807, 2.05) is 31.2 Å². The van der Waals surface area contributed by atoms with Crippen LogP contribution in [-0.4, -0.2) is 12.0 Å². The molecule has 1 atom stereocenters. The van der Waals surface area contributed by atoms with E-state index >= 15 is 0 Å². The summed E-state index contributed by atoms with van der Waals surface area (Å²) in [6.07, 6.45) is 4.30. The molecule has 1 aliphatic rings. The number of benzene rings is 2. The van der Waals surface area contributed by atoms with Gasteiger partial charge in [0, 0.05) is 11.3 Å². The van der Waals surface area contributed by atoms with Crippen molar-refractivity contribution in [1.29, 1.82) is 0 Å². The summed E-state index contributed by atoms with van der Waals surface area (Å²) in [5.74, 6) is 0.347. The molecule has 0 radical (unpaired) electrons. The second-order valence-electron chi connectivity index (χ2n) is 7.08. The number of rotatable bonds is 6. The van der Waals surface area contributed by atoms with Gasteiger partial charge in [0.1, 0.15) is 11.6 Å². The van der Waals surface area contributed by atoms with Crippen LogP contribution in [0.25, 0.3) is 0 Å². The number of carbonyl (C=O) groups excluding carboxylic acids is 1. The van der Waals surface area contributed by atoms with Crippen molar-refractivity contribution in [2.45, 2.75) is 57.5 Å². The molecule has 0 heterocycles. The largest absolute Gasteiger partial charge is 0.491 e. The minimum absolute atomic E-state index is 0.129. The lowest BCUT2D eigenvalue weighted by molar-refractivity contribution is -0.121. The number of anilines is 1. The Labute approximate surface area is 154 Å². The molecule has 1 fully saturated rings. The van der Waals surface area contributed by atoms with E-state index in [2.05, 4.69) is 12.2 Å². The van der Waals surface area contributed by atoms with Gasteiger partial charge in [-0.05, 0) is 56.5 Å². The molecule has 2 aromatic carbocycles. The molecule has 2 aromatic rings. The van der Waals surface area contributed by atoms with Gasteiger partial charge in [-0.1, -0.05) is 38.0 Å². The van der Waals surface area contributed by atoms with Gasteiger partial charge < -0.3 is 10.1 Å². The molecule has 0 saturated heterocycles. The molecule has 1 N–H and O–H groups in total. The maximum absolute atomic E-state index is 14.4. The van der Waals surface area contributed by atoms with Gasteiger partial charge in [0.05, 0.1) is 11.5 Å². The molecule has 0 aliphatic heterocycles. The number of ether oxygens (including phenoxy) is 1. The summed E-state index contributed by atoms with van der Waals surface area (Å²) in [7, 11) is 0. The van der Waals surface area contributed by atoms with Crippen LogP contribution in [0.5, 0.6) is 5.75 Å². The molecule has 1 amide bonds. The molecular formula is C22H26FNO2. The first-order chi connectivity index (χ1) is 12.5. The van der Waals surface area contributed by atoms with Crippen molar-refractivity contribution in [2.75, 3.05) is 5.32 Å². The van der Waals surface area contributed by atoms with Crippen molar-refractivity contribution >= 4 is 11.6 Å². The molecule has 0 spiro atoms. The summed E-state index contributed by atoms with van der Waals surface area (Å²) in [4.78, 5) is 13.1. The van der Waals surface area contributed by atoms with Gasteiger partial charge in [0.25, 0.3) is 0 Å². The number of hydrogen-bond donors (Lipinski definition) is 1. The quantitative estimate of drug-likeness (QED) is 0.748.